The van der Waals surface area contributed by atoms with Gasteiger partial charge < -0.3 is 5.73 Å². The number of sulfonamides is 1. The SMILES string of the molecule is N[C@@H]1CN(S(=O)(=O)c2cccc(Br)c2F)C[C@H]1c1ccccc1. The van der Waals surface area contributed by atoms with E-state index in [1.807, 2.05) is 30.3 Å². The third-order valence-electron chi connectivity index (χ3n) is 4.09. The average Bonchev–Trinajstić information content (AvgIpc) is 2.93. The van der Waals surface area contributed by atoms with Crippen molar-refractivity contribution < 1.29 is 12.8 Å². The van der Waals surface area contributed by atoms with Crippen LogP contribution in [0.1, 0.15) is 11.5 Å². The highest BCUT2D eigenvalue weighted by Gasteiger charge is 2.39. The van der Waals surface area contributed by atoms with E-state index in [-0.39, 0.29) is 34.4 Å². The molecule has 122 valence electrons. The number of hydrogen-bond acceptors (Lipinski definition) is 3. The summed E-state index contributed by atoms with van der Waals surface area (Å²) >= 11 is 3.02. The van der Waals surface area contributed by atoms with E-state index in [0.29, 0.717) is 0 Å². The Bertz CT molecular complexity index is 814. The highest BCUT2D eigenvalue weighted by Crippen LogP contribution is 2.32. The van der Waals surface area contributed by atoms with E-state index in [9.17, 15) is 12.8 Å². The molecule has 0 bridgehead atoms. The molecule has 0 spiro atoms. The standard InChI is InChI=1S/C16H16BrFN2O2S/c17-13-7-4-8-15(16(13)18)23(21,22)20-9-12(14(19)10-20)11-5-2-1-3-6-11/h1-8,12,14H,9-10,19H2/t12-,14+/m0/s1. The van der Waals surface area contributed by atoms with E-state index >= 15 is 0 Å². The molecule has 2 aromatic rings. The fourth-order valence-electron chi connectivity index (χ4n) is 2.86. The minimum absolute atomic E-state index is 0.0961. The van der Waals surface area contributed by atoms with Gasteiger partial charge in [0.05, 0.1) is 4.47 Å². The monoisotopic (exact) mass is 398 g/mol. The van der Waals surface area contributed by atoms with E-state index < -0.39 is 15.8 Å². The van der Waals surface area contributed by atoms with E-state index in [0.717, 1.165) is 5.56 Å². The number of nitrogens with two attached hydrogens (primary N) is 1. The van der Waals surface area contributed by atoms with Crippen LogP contribution in [0.3, 0.4) is 0 Å². The third-order valence-corrected chi connectivity index (χ3v) is 6.55. The third kappa shape index (κ3) is 3.06. The molecule has 0 radical (unpaired) electrons. The Morgan fingerprint density at radius 1 is 1.09 bits per heavy atom. The summed E-state index contributed by atoms with van der Waals surface area (Å²) in [4.78, 5) is -0.326. The molecule has 23 heavy (non-hydrogen) atoms. The Labute approximate surface area is 143 Å². The first kappa shape index (κ1) is 16.6. The van der Waals surface area contributed by atoms with Crippen molar-refractivity contribution in [1.82, 2.24) is 4.31 Å². The minimum Gasteiger partial charge on any atom is -0.326 e. The predicted molar refractivity (Wildman–Crippen MR) is 90.0 cm³/mol. The summed E-state index contributed by atoms with van der Waals surface area (Å²) in [5, 5.41) is 0. The summed E-state index contributed by atoms with van der Waals surface area (Å²) in [6, 6.07) is 13.5. The van der Waals surface area contributed by atoms with Gasteiger partial charge in [-0.1, -0.05) is 36.4 Å². The number of halogens is 2. The van der Waals surface area contributed by atoms with Crippen molar-refractivity contribution in [1.29, 1.82) is 0 Å². The zero-order valence-corrected chi connectivity index (χ0v) is 14.6. The summed E-state index contributed by atoms with van der Waals surface area (Å²) in [5.74, 6) is -0.870. The Kier molecular flexibility index (Phi) is 4.55. The minimum atomic E-state index is -3.92. The molecule has 3 rings (SSSR count). The molecule has 0 unspecified atom stereocenters. The van der Waals surface area contributed by atoms with Crippen LogP contribution in [0.5, 0.6) is 0 Å². The molecule has 1 saturated heterocycles. The molecule has 2 aromatic carbocycles. The average molecular weight is 399 g/mol. The maximum Gasteiger partial charge on any atom is 0.246 e. The molecule has 4 nitrogen and oxygen atoms in total. The number of nitrogens with zero attached hydrogens (tertiary/aromatic N) is 1. The summed E-state index contributed by atoms with van der Waals surface area (Å²) in [5.41, 5.74) is 7.13. The van der Waals surface area contributed by atoms with Crippen molar-refractivity contribution in [2.45, 2.75) is 16.9 Å². The molecule has 1 aliphatic heterocycles. The number of rotatable bonds is 3. The first-order valence-corrected chi connectivity index (χ1v) is 9.39. The van der Waals surface area contributed by atoms with Crippen LogP contribution >= 0.6 is 15.9 Å². The molecular weight excluding hydrogens is 383 g/mol. The van der Waals surface area contributed by atoms with Crippen LogP contribution in [0.15, 0.2) is 57.9 Å². The smallest absolute Gasteiger partial charge is 0.246 e. The Morgan fingerprint density at radius 3 is 2.48 bits per heavy atom. The highest BCUT2D eigenvalue weighted by molar-refractivity contribution is 9.10. The molecule has 1 heterocycles. The Balaban J connectivity index is 1.92. The second kappa shape index (κ2) is 6.32. The van der Waals surface area contributed by atoms with Gasteiger partial charge in [0.25, 0.3) is 0 Å². The van der Waals surface area contributed by atoms with Crippen molar-refractivity contribution >= 4 is 26.0 Å². The van der Waals surface area contributed by atoms with Gasteiger partial charge in [-0.15, -0.1) is 0 Å². The van der Waals surface area contributed by atoms with Crippen LogP contribution in [0.25, 0.3) is 0 Å². The van der Waals surface area contributed by atoms with Gasteiger partial charge in [-0.25, -0.2) is 12.8 Å². The van der Waals surface area contributed by atoms with Crippen LogP contribution in [0.4, 0.5) is 4.39 Å². The van der Waals surface area contributed by atoms with Gasteiger partial charge in [-0.3, -0.25) is 0 Å². The maximum atomic E-state index is 14.2. The van der Waals surface area contributed by atoms with Crippen molar-refractivity contribution in [3.05, 3.63) is 64.4 Å². The summed E-state index contributed by atoms with van der Waals surface area (Å²) in [6.07, 6.45) is 0. The predicted octanol–water partition coefficient (Wildman–Crippen LogP) is 2.70. The van der Waals surface area contributed by atoms with Gasteiger partial charge in [0.1, 0.15) is 4.90 Å². The highest BCUT2D eigenvalue weighted by atomic mass is 79.9. The summed E-state index contributed by atoms with van der Waals surface area (Å²) in [7, 11) is -3.92. The quantitative estimate of drug-likeness (QED) is 0.864. The van der Waals surface area contributed by atoms with Crippen LogP contribution < -0.4 is 5.73 Å². The molecule has 1 aliphatic rings. The molecule has 0 aromatic heterocycles. The Morgan fingerprint density at radius 2 is 1.78 bits per heavy atom. The lowest BCUT2D eigenvalue weighted by molar-refractivity contribution is 0.462. The van der Waals surface area contributed by atoms with Crippen LogP contribution in [0, 0.1) is 5.82 Å². The van der Waals surface area contributed by atoms with Crippen molar-refractivity contribution in [3.8, 4) is 0 Å². The lowest BCUT2D eigenvalue weighted by Gasteiger charge is -2.17. The van der Waals surface area contributed by atoms with E-state index in [4.69, 9.17) is 5.73 Å². The van der Waals surface area contributed by atoms with Crippen LogP contribution in [0.2, 0.25) is 0 Å². The van der Waals surface area contributed by atoms with Crippen LogP contribution in [-0.4, -0.2) is 31.9 Å². The van der Waals surface area contributed by atoms with E-state index in [1.54, 1.807) is 0 Å². The zero-order valence-electron chi connectivity index (χ0n) is 12.2. The summed E-state index contributed by atoms with van der Waals surface area (Å²) < 4.78 is 41.1. The van der Waals surface area contributed by atoms with Gasteiger partial charge in [0.2, 0.25) is 10.0 Å². The largest absolute Gasteiger partial charge is 0.326 e. The van der Waals surface area contributed by atoms with Gasteiger partial charge in [0, 0.05) is 25.0 Å². The lowest BCUT2D eigenvalue weighted by Crippen LogP contribution is -2.32. The van der Waals surface area contributed by atoms with Gasteiger partial charge in [0.15, 0.2) is 5.82 Å². The maximum absolute atomic E-state index is 14.2. The fraction of sp³-hybridized carbons (Fsp3) is 0.250. The van der Waals surface area contributed by atoms with Crippen molar-refractivity contribution in [2.24, 2.45) is 5.73 Å². The molecule has 2 N–H and O–H groups in total. The van der Waals surface area contributed by atoms with Gasteiger partial charge in [-0.2, -0.15) is 4.31 Å². The topological polar surface area (TPSA) is 63.4 Å². The molecule has 7 heteroatoms. The Hall–Kier alpha value is -1.28. The second-order valence-corrected chi connectivity index (χ2v) is 8.32. The lowest BCUT2D eigenvalue weighted by atomic mass is 9.95. The molecule has 0 amide bonds. The van der Waals surface area contributed by atoms with E-state index in [1.165, 1.54) is 22.5 Å². The summed E-state index contributed by atoms with van der Waals surface area (Å²) in [6.45, 7) is 0.424. The number of benzene rings is 2. The first-order valence-electron chi connectivity index (χ1n) is 7.16. The van der Waals surface area contributed by atoms with Crippen LogP contribution in [-0.2, 0) is 10.0 Å². The van der Waals surface area contributed by atoms with Gasteiger partial charge in [-0.05, 0) is 33.6 Å². The van der Waals surface area contributed by atoms with Crippen molar-refractivity contribution in [2.75, 3.05) is 13.1 Å². The van der Waals surface area contributed by atoms with E-state index in [2.05, 4.69) is 15.9 Å². The normalized spacial score (nSPS) is 22.4. The fourth-order valence-corrected chi connectivity index (χ4v) is 4.95. The number of hydrogen-bond donors (Lipinski definition) is 1. The molecule has 0 aliphatic carbocycles. The molecule has 2 atom stereocenters. The molecular formula is C16H16BrFN2O2S. The second-order valence-electron chi connectivity index (χ2n) is 5.56. The zero-order chi connectivity index (χ0) is 16.6. The first-order chi connectivity index (χ1) is 10.9. The van der Waals surface area contributed by atoms with Crippen molar-refractivity contribution in [3.63, 3.8) is 0 Å². The van der Waals surface area contributed by atoms with Gasteiger partial charge >= 0.3 is 0 Å². The molecule has 0 saturated carbocycles. The molecule has 1 fully saturated rings.